The molecule has 0 radical (unpaired) electrons. The number of unbranched alkanes of at least 4 members (excludes halogenated alkanes) is 1. The Bertz CT molecular complexity index is 208. The van der Waals surface area contributed by atoms with Crippen LogP contribution in [0.4, 0.5) is 0 Å². The summed E-state index contributed by atoms with van der Waals surface area (Å²) < 4.78 is 0. The van der Waals surface area contributed by atoms with Crippen LogP contribution in [-0.4, -0.2) is 45.7 Å². The fraction of sp³-hybridized carbons (Fsp3) is 0.750. The molecule has 1 aliphatic heterocycles. The van der Waals surface area contributed by atoms with Crippen LogP contribution in [0.25, 0.3) is 0 Å². The second-order valence-corrected chi connectivity index (χ2v) is 3.07. The number of carbonyl (C=O) groups excluding carboxylic acids is 2. The van der Waals surface area contributed by atoms with Crippen LogP contribution >= 0.6 is 0 Å². The molecule has 5 nitrogen and oxygen atoms in total. The highest BCUT2D eigenvalue weighted by molar-refractivity contribution is 6.07. The van der Waals surface area contributed by atoms with Crippen molar-refractivity contribution in [3.8, 4) is 0 Å². The Morgan fingerprint density at radius 3 is 2.08 bits per heavy atom. The van der Waals surface area contributed by atoms with E-state index in [0.717, 1.165) is 11.3 Å². The molecule has 0 bridgehead atoms. The monoisotopic (exact) mass is 187 g/mol. The van der Waals surface area contributed by atoms with Gasteiger partial charge in [-0.15, -0.1) is 0 Å². The number of likely N-dealkylation sites (tertiary alicyclic amines) is 1. The molecule has 2 N–H and O–H groups in total. The highest BCUT2D eigenvalue weighted by Crippen LogP contribution is 2.14. The van der Waals surface area contributed by atoms with Crippen LogP contribution in [0.2, 0.25) is 0 Å². The van der Waals surface area contributed by atoms with E-state index in [9.17, 15) is 9.59 Å². The van der Waals surface area contributed by atoms with Gasteiger partial charge in [-0.05, 0) is 6.42 Å². The summed E-state index contributed by atoms with van der Waals surface area (Å²) >= 11 is 0. The van der Waals surface area contributed by atoms with Gasteiger partial charge in [0.05, 0.1) is 0 Å². The van der Waals surface area contributed by atoms with Crippen molar-refractivity contribution in [2.75, 3.05) is 6.54 Å². The molecule has 1 fully saturated rings. The summed E-state index contributed by atoms with van der Waals surface area (Å²) in [5.41, 5.74) is 0. The molecule has 2 unspecified atom stereocenters. The molecule has 0 aromatic rings. The zero-order chi connectivity index (χ0) is 10.0. The molecule has 1 aliphatic rings. The molecule has 1 saturated heterocycles. The average Bonchev–Trinajstić information content (AvgIpc) is 2.30. The van der Waals surface area contributed by atoms with Gasteiger partial charge in [0.2, 0.25) is 0 Å². The predicted molar refractivity (Wildman–Crippen MR) is 43.6 cm³/mol. The second kappa shape index (κ2) is 3.85. The molecule has 0 spiro atoms. The van der Waals surface area contributed by atoms with Crippen molar-refractivity contribution < 1.29 is 19.8 Å². The van der Waals surface area contributed by atoms with Crippen molar-refractivity contribution in [3.05, 3.63) is 0 Å². The van der Waals surface area contributed by atoms with Gasteiger partial charge in [-0.3, -0.25) is 14.5 Å². The fourth-order valence-electron chi connectivity index (χ4n) is 1.23. The second-order valence-electron chi connectivity index (χ2n) is 3.07. The minimum absolute atomic E-state index is 0.280. The molecule has 0 aromatic heterocycles. The number of hydrogen-bond donors (Lipinski definition) is 2. The standard InChI is InChI=1S/C8H13NO4/c1-2-3-4-9-7(12)5(10)6(11)8(9)13/h5-6,10-11H,2-4H2,1H3. The third-order valence-corrected chi connectivity index (χ3v) is 2.07. The van der Waals surface area contributed by atoms with E-state index < -0.39 is 24.0 Å². The van der Waals surface area contributed by atoms with Crippen LogP contribution in [0.3, 0.4) is 0 Å². The van der Waals surface area contributed by atoms with Crippen LogP contribution < -0.4 is 0 Å². The topological polar surface area (TPSA) is 77.8 Å². The molecular formula is C8H13NO4. The number of nitrogens with zero attached hydrogens (tertiary/aromatic N) is 1. The maximum Gasteiger partial charge on any atom is 0.261 e. The number of aliphatic hydroxyl groups excluding tert-OH is 2. The molecule has 74 valence electrons. The maximum absolute atomic E-state index is 11.1. The van der Waals surface area contributed by atoms with E-state index in [4.69, 9.17) is 10.2 Å². The van der Waals surface area contributed by atoms with Crippen molar-refractivity contribution in [2.45, 2.75) is 32.0 Å². The molecule has 1 rings (SSSR count). The van der Waals surface area contributed by atoms with Gasteiger partial charge < -0.3 is 10.2 Å². The SMILES string of the molecule is CCCCN1C(=O)C(O)C(O)C1=O. The third kappa shape index (κ3) is 1.71. The first-order chi connectivity index (χ1) is 6.09. The average molecular weight is 187 g/mol. The zero-order valence-corrected chi connectivity index (χ0v) is 7.43. The van der Waals surface area contributed by atoms with E-state index >= 15 is 0 Å². The lowest BCUT2D eigenvalue weighted by Gasteiger charge is -2.12. The first-order valence-corrected chi connectivity index (χ1v) is 4.31. The number of hydrogen-bond acceptors (Lipinski definition) is 4. The van der Waals surface area contributed by atoms with Crippen LogP contribution in [0, 0.1) is 0 Å². The van der Waals surface area contributed by atoms with Gasteiger partial charge in [0.1, 0.15) is 0 Å². The van der Waals surface area contributed by atoms with E-state index in [0.29, 0.717) is 6.42 Å². The Balaban J connectivity index is 2.64. The Labute approximate surface area is 76.0 Å². The van der Waals surface area contributed by atoms with Gasteiger partial charge in [-0.2, -0.15) is 0 Å². The van der Waals surface area contributed by atoms with Crippen LogP contribution in [-0.2, 0) is 9.59 Å². The molecular weight excluding hydrogens is 174 g/mol. The molecule has 13 heavy (non-hydrogen) atoms. The van der Waals surface area contributed by atoms with E-state index in [1.165, 1.54) is 0 Å². The van der Waals surface area contributed by atoms with E-state index in [1.54, 1.807) is 0 Å². The third-order valence-electron chi connectivity index (χ3n) is 2.07. The molecule has 1 heterocycles. The maximum atomic E-state index is 11.1. The van der Waals surface area contributed by atoms with Gasteiger partial charge in [-0.25, -0.2) is 0 Å². The number of imide groups is 1. The van der Waals surface area contributed by atoms with Gasteiger partial charge in [-0.1, -0.05) is 13.3 Å². The normalized spacial score (nSPS) is 28.7. The van der Waals surface area contributed by atoms with Crippen molar-refractivity contribution >= 4 is 11.8 Å². The molecule has 0 saturated carbocycles. The summed E-state index contributed by atoms with van der Waals surface area (Å²) in [6.07, 6.45) is -1.59. The van der Waals surface area contributed by atoms with Crippen LogP contribution in [0.1, 0.15) is 19.8 Å². The largest absolute Gasteiger partial charge is 0.380 e. The smallest absolute Gasteiger partial charge is 0.261 e. The van der Waals surface area contributed by atoms with Gasteiger partial charge in [0, 0.05) is 6.54 Å². The Hall–Kier alpha value is -0.940. The summed E-state index contributed by atoms with van der Waals surface area (Å²) in [4.78, 5) is 23.2. The van der Waals surface area contributed by atoms with E-state index in [-0.39, 0.29) is 6.54 Å². The summed E-state index contributed by atoms with van der Waals surface area (Å²) in [5.74, 6) is -1.38. The van der Waals surface area contributed by atoms with Crippen LogP contribution in [0.15, 0.2) is 0 Å². The van der Waals surface area contributed by atoms with Crippen molar-refractivity contribution in [1.82, 2.24) is 4.90 Å². The fourth-order valence-corrected chi connectivity index (χ4v) is 1.23. The van der Waals surface area contributed by atoms with Gasteiger partial charge in [0.25, 0.3) is 11.8 Å². The number of carbonyl (C=O) groups is 2. The van der Waals surface area contributed by atoms with Crippen molar-refractivity contribution in [1.29, 1.82) is 0 Å². The van der Waals surface area contributed by atoms with Crippen LogP contribution in [0.5, 0.6) is 0 Å². The highest BCUT2D eigenvalue weighted by Gasteiger charge is 2.45. The minimum atomic E-state index is -1.57. The number of aliphatic hydroxyl groups is 2. The Kier molecular flexibility index (Phi) is 3.00. The molecule has 0 aromatic carbocycles. The molecule has 0 aliphatic carbocycles. The molecule has 2 atom stereocenters. The summed E-state index contributed by atoms with van der Waals surface area (Å²) in [6, 6.07) is 0. The summed E-state index contributed by atoms with van der Waals surface area (Å²) in [6.45, 7) is 2.21. The predicted octanol–water partition coefficient (Wildman–Crippen LogP) is -1.12. The Morgan fingerprint density at radius 1 is 1.23 bits per heavy atom. The molecule has 2 amide bonds. The summed E-state index contributed by atoms with van der Waals surface area (Å²) in [7, 11) is 0. The zero-order valence-electron chi connectivity index (χ0n) is 7.43. The quantitative estimate of drug-likeness (QED) is 0.548. The van der Waals surface area contributed by atoms with E-state index in [2.05, 4.69) is 0 Å². The first-order valence-electron chi connectivity index (χ1n) is 4.31. The number of rotatable bonds is 3. The van der Waals surface area contributed by atoms with E-state index in [1.807, 2.05) is 6.92 Å². The van der Waals surface area contributed by atoms with Crippen molar-refractivity contribution in [2.24, 2.45) is 0 Å². The minimum Gasteiger partial charge on any atom is -0.380 e. The number of amides is 2. The lowest BCUT2D eigenvalue weighted by atomic mass is 10.2. The lowest BCUT2D eigenvalue weighted by Crippen LogP contribution is -2.33. The first kappa shape index (κ1) is 10.1. The Morgan fingerprint density at radius 2 is 1.69 bits per heavy atom. The summed E-state index contributed by atoms with van der Waals surface area (Å²) in [5, 5.41) is 18.1. The van der Waals surface area contributed by atoms with Crippen molar-refractivity contribution in [3.63, 3.8) is 0 Å². The lowest BCUT2D eigenvalue weighted by molar-refractivity contribution is -0.141. The highest BCUT2D eigenvalue weighted by atomic mass is 16.4. The van der Waals surface area contributed by atoms with Gasteiger partial charge >= 0.3 is 0 Å². The molecule has 5 heteroatoms. The van der Waals surface area contributed by atoms with Gasteiger partial charge in [0.15, 0.2) is 12.2 Å².